The van der Waals surface area contributed by atoms with Crippen molar-refractivity contribution in [1.29, 1.82) is 0 Å². The maximum absolute atomic E-state index is 12.9. The molecule has 1 unspecified atom stereocenters. The van der Waals surface area contributed by atoms with Gasteiger partial charge in [-0.3, -0.25) is 9.48 Å². The quantitative estimate of drug-likeness (QED) is 0.695. The molecule has 2 aromatic heterocycles. The van der Waals surface area contributed by atoms with E-state index in [1.807, 2.05) is 55.3 Å². The molecule has 1 amide bonds. The second kappa shape index (κ2) is 7.34. The third-order valence-electron chi connectivity index (χ3n) is 5.05. The van der Waals surface area contributed by atoms with E-state index in [0.29, 0.717) is 23.8 Å². The third kappa shape index (κ3) is 3.63. The van der Waals surface area contributed by atoms with Gasteiger partial charge in [0.2, 0.25) is 0 Å². The molecule has 0 saturated carbocycles. The minimum absolute atomic E-state index is 0.0543. The van der Waals surface area contributed by atoms with Crippen molar-refractivity contribution in [1.82, 2.24) is 24.8 Å². The Hall–Kier alpha value is -2.96. The molecular formula is C20H23N5O2. The van der Waals surface area contributed by atoms with E-state index < -0.39 is 0 Å². The van der Waals surface area contributed by atoms with E-state index >= 15 is 0 Å². The molecule has 7 nitrogen and oxygen atoms in total. The highest BCUT2D eigenvalue weighted by Gasteiger charge is 2.31. The van der Waals surface area contributed by atoms with E-state index in [4.69, 9.17) is 4.52 Å². The molecule has 0 spiro atoms. The first-order valence-electron chi connectivity index (χ1n) is 9.31. The van der Waals surface area contributed by atoms with Gasteiger partial charge in [0.15, 0.2) is 5.82 Å². The second-order valence-electron chi connectivity index (χ2n) is 7.01. The predicted molar refractivity (Wildman–Crippen MR) is 100 cm³/mol. The number of nitrogens with zero attached hydrogens (tertiary/aromatic N) is 5. The molecule has 140 valence electrons. The lowest BCUT2D eigenvalue weighted by molar-refractivity contribution is 0.0719. The number of benzene rings is 1. The molecule has 3 aromatic rings. The van der Waals surface area contributed by atoms with E-state index in [2.05, 4.69) is 15.2 Å². The normalized spacial score (nSPS) is 16.8. The van der Waals surface area contributed by atoms with Crippen molar-refractivity contribution in [2.24, 2.45) is 7.05 Å². The summed E-state index contributed by atoms with van der Waals surface area (Å²) < 4.78 is 7.04. The molecular weight excluding hydrogens is 342 g/mol. The number of hydrogen-bond acceptors (Lipinski definition) is 5. The van der Waals surface area contributed by atoms with Crippen LogP contribution in [-0.4, -0.2) is 43.3 Å². The molecule has 1 fully saturated rings. The molecule has 1 aliphatic rings. The summed E-state index contributed by atoms with van der Waals surface area (Å²) in [5.74, 6) is 1.28. The van der Waals surface area contributed by atoms with Gasteiger partial charge in [0, 0.05) is 31.6 Å². The fourth-order valence-corrected chi connectivity index (χ4v) is 3.71. The zero-order valence-electron chi connectivity index (χ0n) is 15.6. The Bertz CT molecular complexity index is 931. The molecule has 1 saturated heterocycles. The van der Waals surface area contributed by atoms with Crippen molar-refractivity contribution in [2.75, 3.05) is 6.54 Å². The lowest BCUT2D eigenvalue weighted by atomic mass is 10.1. The Morgan fingerprint density at radius 2 is 2.11 bits per heavy atom. The first-order valence-corrected chi connectivity index (χ1v) is 9.31. The van der Waals surface area contributed by atoms with Gasteiger partial charge in [-0.15, -0.1) is 0 Å². The number of carbonyl (C=O) groups is 1. The first-order chi connectivity index (χ1) is 13.1. The van der Waals surface area contributed by atoms with Crippen molar-refractivity contribution >= 4 is 5.91 Å². The third-order valence-corrected chi connectivity index (χ3v) is 5.05. The number of aromatic nitrogens is 4. The molecule has 0 radical (unpaired) electrons. The van der Waals surface area contributed by atoms with Crippen LogP contribution in [0.3, 0.4) is 0 Å². The number of rotatable bonds is 5. The Kier molecular flexibility index (Phi) is 4.75. The van der Waals surface area contributed by atoms with Crippen LogP contribution in [0.4, 0.5) is 0 Å². The number of aryl methyl sites for hydroxylation is 3. The SMILES string of the molecule is Cc1cc(C(=O)N2CCCC2CCc2noc(-c3ccccc3)n2)n(C)n1. The number of amides is 1. The van der Waals surface area contributed by atoms with Gasteiger partial charge < -0.3 is 9.42 Å². The van der Waals surface area contributed by atoms with Crippen LogP contribution in [0, 0.1) is 6.92 Å². The molecule has 1 atom stereocenters. The molecule has 0 aliphatic carbocycles. The standard InChI is InChI=1S/C20H23N5O2/c1-14-13-17(24(2)22-14)20(26)25-12-6-9-16(25)10-11-18-21-19(27-23-18)15-7-4-3-5-8-15/h3-5,7-8,13,16H,6,9-12H2,1-2H3. The maximum atomic E-state index is 12.9. The lowest BCUT2D eigenvalue weighted by Gasteiger charge is -2.24. The van der Waals surface area contributed by atoms with Crippen LogP contribution in [0.25, 0.3) is 11.5 Å². The summed E-state index contributed by atoms with van der Waals surface area (Å²) in [6.45, 7) is 2.69. The van der Waals surface area contributed by atoms with Gasteiger partial charge in [-0.25, -0.2) is 0 Å². The highest BCUT2D eigenvalue weighted by atomic mass is 16.5. The zero-order chi connectivity index (χ0) is 18.8. The van der Waals surface area contributed by atoms with Crippen LogP contribution in [-0.2, 0) is 13.5 Å². The Morgan fingerprint density at radius 1 is 1.30 bits per heavy atom. The average Bonchev–Trinajstić information content (AvgIpc) is 3.40. The molecule has 0 N–H and O–H groups in total. The molecule has 1 aromatic carbocycles. The predicted octanol–water partition coefficient (Wildman–Crippen LogP) is 3.02. The maximum Gasteiger partial charge on any atom is 0.272 e. The van der Waals surface area contributed by atoms with Gasteiger partial charge in [0.1, 0.15) is 5.69 Å². The van der Waals surface area contributed by atoms with Gasteiger partial charge in [-0.05, 0) is 44.4 Å². The highest BCUT2D eigenvalue weighted by molar-refractivity contribution is 5.93. The molecule has 3 heterocycles. The topological polar surface area (TPSA) is 77.0 Å². The van der Waals surface area contributed by atoms with Crippen LogP contribution in [0.1, 0.15) is 41.3 Å². The highest BCUT2D eigenvalue weighted by Crippen LogP contribution is 2.24. The van der Waals surface area contributed by atoms with Crippen LogP contribution in [0.2, 0.25) is 0 Å². The van der Waals surface area contributed by atoms with Gasteiger partial charge >= 0.3 is 0 Å². The molecule has 7 heteroatoms. The van der Waals surface area contributed by atoms with Gasteiger partial charge in [0.05, 0.1) is 5.69 Å². The number of likely N-dealkylation sites (tertiary alicyclic amines) is 1. The summed E-state index contributed by atoms with van der Waals surface area (Å²) in [7, 11) is 1.82. The fraction of sp³-hybridized carbons (Fsp3) is 0.400. The van der Waals surface area contributed by atoms with Gasteiger partial charge in [-0.1, -0.05) is 23.4 Å². The second-order valence-corrected chi connectivity index (χ2v) is 7.01. The lowest BCUT2D eigenvalue weighted by Crippen LogP contribution is -2.36. The van der Waals surface area contributed by atoms with Gasteiger partial charge in [-0.2, -0.15) is 10.1 Å². The molecule has 0 bridgehead atoms. The Labute approximate surface area is 158 Å². The summed E-state index contributed by atoms with van der Waals surface area (Å²) in [6, 6.07) is 11.8. The van der Waals surface area contributed by atoms with Crippen molar-refractivity contribution in [3.05, 3.63) is 53.6 Å². The minimum Gasteiger partial charge on any atom is -0.334 e. The van der Waals surface area contributed by atoms with E-state index in [1.165, 1.54) is 0 Å². The van der Waals surface area contributed by atoms with E-state index in [9.17, 15) is 4.79 Å². The van der Waals surface area contributed by atoms with Crippen molar-refractivity contribution in [3.63, 3.8) is 0 Å². The summed E-state index contributed by atoms with van der Waals surface area (Å²) in [5, 5.41) is 8.39. The first kappa shape index (κ1) is 17.5. The molecule has 1 aliphatic heterocycles. The van der Waals surface area contributed by atoms with Crippen LogP contribution in [0.15, 0.2) is 40.9 Å². The van der Waals surface area contributed by atoms with Crippen LogP contribution in [0.5, 0.6) is 0 Å². The van der Waals surface area contributed by atoms with E-state index in [1.54, 1.807) is 4.68 Å². The van der Waals surface area contributed by atoms with E-state index in [0.717, 1.165) is 37.1 Å². The van der Waals surface area contributed by atoms with Crippen molar-refractivity contribution in [2.45, 2.75) is 38.6 Å². The summed E-state index contributed by atoms with van der Waals surface area (Å²) in [4.78, 5) is 19.4. The van der Waals surface area contributed by atoms with Crippen molar-refractivity contribution in [3.8, 4) is 11.5 Å². The average molecular weight is 365 g/mol. The van der Waals surface area contributed by atoms with Gasteiger partial charge in [0.25, 0.3) is 11.8 Å². The van der Waals surface area contributed by atoms with Crippen LogP contribution >= 0.6 is 0 Å². The summed E-state index contributed by atoms with van der Waals surface area (Å²) >= 11 is 0. The largest absolute Gasteiger partial charge is 0.334 e. The summed E-state index contributed by atoms with van der Waals surface area (Å²) in [5.41, 5.74) is 2.42. The summed E-state index contributed by atoms with van der Waals surface area (Å²) in [6.07, 6.45) is 3.55. The smallest absolute Gasteiger partial charge is 0.272 e. The van der Waals surface area contributed by atoms with E-state index in [-0.39, 0.29) is 11.9 Å². The zero-order valence-corrected chi connectivity index (χ0v) is 15.6. The Balaban J connectivity index is 1.41. The Morgan fingerprint density at radius 3 is 2.85 bits per heavy atom. The molecule has 4 rings (SSSR count). The fourth-order valence-electron chi connectivity index (χ4n) is 3.71. The van der Waals surface area contributed by atoms with Crippen molar-refractivity contribution < 1.29 is 9.32 Å². The monoisotopic (exact) mass is 365 g/mol. The number of carbonyl (C=O) groups excluding carboxylic acids is 1. The number of hydrogen-bond donors (Lipinski definition) is 0. The van der Waals surface area contributed by atoms with Crippen LogP contribution < -0.4 is 0 Å². The molecule has 27 heavy (non-hydrogen) atoms. The minimum atomic E-state index is 0.0543.